The van der Waals surface area contributed by atoms with Gasteiger partial charge in [-0.3, -0.25) is 0 Å². The number of aromatic nitrogens is 3. The summed E-state index contributed by atoms with van der Waals surface area (Å²) in [7, 11) is 0. The third kappa shape index (κ3) is 2.09. The smallest absolute Gasteiger partial charge is 0.224 e. The van der Waals surface area contributed by atoms with Gasteiger partial charge in [-0.25, -0.2) is 4.98 Å². The Labute approximate surface area is 98.6 Å². The van der Waals surface area contributed by atoms with Gasteiger partial charge in [0.15, 0.2) is 0 Å². The minimum absolute atomic E-state index is 0.261. The maximum atomic E-state index is 5.61. The Morgan fingerprint density at radius 2 is 2.06 bits per heavy atom. The summed E-state index contributed by atoms with van der Waals surface area (Å²) in [5.74, 6) is 0.968. The van der Waals surface area contributed by atoms with Gasteiger partial charge in [-0.1, -0.05) is 31.2 Å². The summed E-state index contributed by atoms with van der Waals surface area (Å²) >= 11 is 4.94. The summed E-state index contributed by atoms with van der Waals surface area (Å²) in [6, 6.07) is 8.02. The number of nitrogens with zero attached hydrogens (tertiary/aromatic N) is 2. The first-order chi connectivity index (χ1) is 7.70. The van der Waals surface area contributed by atoms with Crippen LogP contribution in [-0.2, 0) is 6.42 Å². The molecule has 2 aromatic rings. The van der Waals surface area contributed by atoms with Gasteiger partial charge in [-0.15, -0.1) is 0 Å². The number of benzene rings is 1. The van der Waals surface area contributed by atoms with Gasteiger partial charge in [-0.2, -0.15) is 4.98 Å². The zero-order valence-electron chi connectivity index (χ0n) is 8.90. The van der Waals surface area contributed by atoms with Crippen LogP contribution in [0.5, 0.6) is 0 Å². The molecule has 0 amide bonds. The highest BCUT2D eigenvalue weighted by molar-refractivity contribution is 7.71. The monoisotopic (exact) mass is 232 g/mol. The summed E-state index contributed by atoms with van der Waals surface area (Å²) in [4.78, 5) is 11.0. The van der Waals surface area contributed by atoms with Crippen molar-refractivity contribution in [3.05, 3.63) is 34.6 Å². The van der Waals surface area contributed by atoms with Crippen molar-refractivity contribution < 1.29 is 0 Å². The third-order valence-electron chi connectivity index (χ3n) is 2.32. The largest absolute Gasteiger partial charge is 0.369 e. The van der Waals surface area contributed by atoms with E-state index in [1.807, 2.05) is 18.2 Å². The Bertz CT molecular complexity index is 562. The van der Waals surface area contributed by atoms with Crippen LogP contribution in [0.25, 0.3) is 11.4 Å². The second kappa shape index (κ2) is 4.40. The number of rotatable bonds is 2. The number of nitrogen functional groups attached to an aromatic ring is 1. The highest BCUT2D eigenvalue weighted by Gasteiger charge is 2.05. The molecule has 0 spiro atoms. The topological polar surface area (TPSA) is 67.6 Å². The number of nitrogens with one attached hydrogen (secondary N) is 1. The molecule has 4 nitrogen and oxygen atoms in total. The molecule has 3 N–H and O–H groups in total. The maximum absolute atomic E-state index is 5.61. The summed E-state index contributed by atoms with van der Waals surface area (Å²) < 4.78 is 0.261. The first-order valence-electron chi connectivity index (χ1n) is 5.03. The van der Waals surface area contributed by atoms with E-state index < -0.39 is 0 Å². The molecule has 0 radical (unpaired) electrons. The quantitative estimate of drug-likeness (QED) is 0.780. The van der Waals surface area contributed by atoms with Crippen LogP contribution in [0.4, 0.5) is 5.95 Å². The third-order valence-corrected chi connectivity index (χ3v) is 2.51. The molecule has 5 heteroatoms. The van der Waals surface area contributed by atoms with Crippen molar-refractivity contribution in [2.45, 2.75) is 13.3 Å². The van der Waals surface area contributed by atoms with Gasteiger partial charge in [0.05, 0.1) is 0 Å². The molecule has 0 aliphatic carbocycles. The minimum atomic E-state index is 0.261. The summed E-state index contributed by atoms with van der Waals surface area (Å²) in [6.07, 6.45) is 0.931. The molecule has 82 valence electrons. The fourth-order valence-electron chi connectivity index (χ4n) is 1.59. The number of hydrogen-bond donors (Lipinski definition) is 2. The fourth-order valence-corrected chi connectivity index (χ4v) is 1.78. The predicted molar refractivity (Wildman–Crippen MR) is 66.4 cm³/mol. The van der Waals surface area contributed by atoms with E-state index in [9.17, 15) is 0 Å². The lowest BCUT2D eigenvalue weighted by Crippen LogP contribution is -2.01. The van der Waals surface area contributed by atoms with Crippen molar-refractivity contribution in [3.8, 4) is 11.4 Å². The molecule has 0 unspecified atom stereocenters. The molecule has 0 aliphatic rings. The number of nitrogens with two attached hydrogens (primary N) is 1. The maximum Gasteiger partial charge on any atom is 0.224 e. The molecule has 2 rings (SSSR count). The van der Waals surface area contributed by atoms with Crippen LogP contribution in [-0.4, -0.2) is 15.0 Å². The molecule has 0 atom stereocenters. The van der Waals surface area contributed by atoms with E-state index in [-0.39, 0.29) is 4.77 Å². The van der Waals surface area contributed by atoms with Crippen LogP contribution in [0.1, 0.15) is 12.5 Å². The van der Waals surface area contributed by atoms with Crippen LogP contribution in [0.3, 0.4) is 0 Å². The first-order valence-corrected chi connectivity index (χ1v) is 5.43. The average molecular weight is 232 g/mol. The van der Waals surface area contributed by atoms with E-state index in [0.717, 1.165) is 12.0 Å². The second-order valence-electron chi connectivity index (χ2n) is 3.38. The van der Waals surface area contributed by atoms with Gasteiger partial charge >= 0.3 is 0 Å². The molecule has 0 aliphatic heterocycles. The van der Waals surface area contributed by atoms with E-state index in [1.165, 1.54) is 5.56 Å². The minimum Gasteiger partial charge on any atom is -0.369 e. The zero-order valence-corrected chi connectivity index (χ0v) is 9.71. The summed E-state index contributed by atoms with van der Waals surface area (Å²) in [6.45, 7) is 2.10. The zero-order chi connectivity index (χ0) is 11.5. The first kappa shape index (κ1) is 10.8. The average Bonchev–Trinajstić information content (AvgIpc) is 2.27. The highest BCUT2D eigenvalue weighted by Crippen LogP contribution is 2.20. The van der Waals surface area contributed by atoms with Gasteiger partial charge in [0.25, 0.3) is 0 Å². The van der Waals surface area contributed by atoms with E-state index in [0.29, 0.717) is 11.8 Å². The molecule has 0 bridgehead atoms. The van der Waals surface area contributed by atoms with Crippen molar-refractivity contribution >= 4 is 18.2 Å². The number of anilines is 1. The van der Waals surface area contributed by atoms with Crippen LogP contribution >= 0.6 is 12.2 Å². The number of hydrogen-bond acceptors (Lipinski definition) is 4. The van der Waals surface area contributed by atoms with Crippen molar-refractivity contribution in [3.63, 3.8) is 0 Å². The molecule has 16 heavy (non-hydrogen) atoms. The number of aromatic amines is 1. The number of H-pyrrole nitrogens is 1. The van der Waals surface area contributed by atoms with Gasteiger partial charge in [0, 0.05) is 5.56 Å². The Hall–Kier alpha value is -1.75. The van der Waals surface area contributed by atoms with Gasteiger partial charge in [0.2, 0.25) is 10.7 Å². The van der Waals surface area contributed by atoms with E-state index >= 15 is 0 Å². The molecular formula is C11H12N4S. The molecule has 0 saturated carbocycles. The van der Waals surface area contributed by atoms with Crippen molar-refractivity contribution in [1.29, 1.82) is 0 Å². The summed E-state index contributed by atoms with van der Waals surface area (Å²) in [5.41, 5.74) is 7.83. The van der Waals surface area contributed by atoms with Crippen molar-refractivity contribution in [2.24, 2.45) is 0 Å². The Kier molecular flexibility index (Phi) is 2.96. The van der Waals surface area contributed by atoms with Gasteiger partial charge in [0.1, 0.15) is 5.82 Å². The van der Waals surface area contributed by atoms with Crippen LogP contribution in [0.2, 0.25) is 0 Å². The lowest BCUT2D eigenvalue weighted by atomic mass is 10.1. The van der Waals surface area contributed by atoms with Gasteiger partial charge in [-0.05, 0) is 24.2 Å². The van der Waals surface area contributed by atoms with E-state index in [1.54, 1.807) is 0 Å². The normalized spacial score (nSPS) is 10.3. The van der Waals surface area contributed by atoms with Crippen molar-refractivity contribution in [1.82, 2.24) is 15.0 Å². The van der Waals surface area contributed by atoms with Crippen LogP contribution in [0.15, 0.2) is 24.3 Å². The van der Waals surface area contributed by atoms with Crippen LogP contribution < -0.4 is 5.73 Å². The SMILES string of the molecule is CCc1ccccc1-c1nc(=S)nc(N)[nH]1. The second-order valence-corrected chi connectivity index (χ2v) is 3.74. The Morgan fingerprint density at radius 3 is 2.75 bits per heavy atom. The molecule has 1 heterocycles. The molecule has 0 saturated heterocycles. The lowest BCUT2D eigenvalue weighted by Gasteiger charge is -2.06. The standard InChI is InChI=1S/C11H12N4S/c1-2-7-5-3-4-6-8(7)9-13-10(12)15-11(16)14-9/h3-6H,2H2,1H3,(H3,12,13,14,15,16). The van der Waals surface area contributed by atoms with E-state index in [2.05, 4.69) is 27.9 Å². The molecular weight excluding hydrogens is 220 g/mol. The van der Waals surface area contributed by atoms with Crippen molar-refractivity contribution in [2.75, 3.05) is 5.73 Å². The Balaban J connectivity index is 2.62. The fraction of sp³-hybridized carbons (Fsp3) is 0.182. The Morgan fingerprint density at radius 1 is 1.31 bits per heavy atom. The van der Waals surface area contributed by atoms with Gasteiger partial charge < -0.3 is 10.7 Å². The molecule has 1 aromatic carbocycles. The molecule has 0 fully saturated rings. The van der Waals surface area contributed by atoms with E-state index in [4.69, 9.17) is 18.0 Å². The lowest BCUT2D eigenvalue weighted by molar-refractivity contribution is 1.04. The predicted octanol–water partition coefficient (Wildman–Crippen LogP) is 2.35. The number of aryl methyl sites for hydroxylation is 1. The highest BCUT2D eigenvalue weighted by atomic mass is 32.1. The molecule has 1 aromatic heterocycles. The van der Waals surface area contributed by atoms with Crippen LogP contribution in [0, 0.1) is 4.77 Å². The summed E-state index contributed by atoms with van der Waals surface area (Å²) in [5, 5.41) is 0.